The second-order valence-corrected chi connectivity index (χ2v) is 8.56. The van der Waals surface area contributed by atoms with Crippen LogP contribution in [0.15, 0.2) is 29.6 Å². The average Bonchev–Trinajstić information content (AvgIpc) is 3.04. The number of amides is 1. The molecule has 2 heterocycles. The molecule has 0 atom stereocenters. The molecule has 7 nitrogen and oxygen atoms in total. The summed E-state index contributed by atoms with van der Waals surface area (Å²) in [6.07, 6.45) is 1.78. The lowest BCUT2D eigenvalue weighted by atomic mass is 10.1. The number of aryl methyl sites for hydroxylation is 2. The van der Waals surface area contributed by atoms with Crippen molar-refractivity contribution in [3.8, 4) is 0 Å². The molecule has 0 bridgehead atoms. The fourth-order valence-corrected chi connectivity index (χ4v) is 3.72. The Labute approximate surface area is 175 Å². The van der Waals surface area contributed by atoms with Crippen LogP contribution >= 0.6 is 11.8 Å². The summed E-state index contributed by atoms with van der Waals surface area (Å²) in [5.74, 6) is 1.62. The first-order chi connectivity index (χ1) is 13.9. The summed E-state index contributed by atoms with van der Waals surface area (Å²) >= 11 is 1.60. The van der Waals surface area contributed by atoms with Gasteiger partial charge in [0.05, 0.1) is 18.1 Å². The van der Waals surface area contributed by atoms with Crippen LogP contribution in [0.1, 0.15) is 42.3 Å². The molecule has 3 rings (SSSR count). The molecule has 2 N–H and O–H groups in total. The number of nitrogens with one attached hydrogen (secondary N) is 2. The van der Waals surface area contributed by atoms with E-state index >= 15 is 0 Å². The Hall–Kier alpha value is -2.61. The van der Waals surface area contributed by atoms with E-state index in [-0.39, 0.29) is 11.9 Å². The quantitative estimate of drug-likeness (QED) is 0.432. The minimum Gasteiger partial charge on any atom is -0.367 e. The van der Waals surface area contributed by atoms with Gasteiger partial charge in [-0.2, -0.15) is 5.10 Å². The number of hydrogen-bond acceptors (Lipinski definition) is 6. The fraction of sp³-hybridized carbons (Fsp3) is 0.429. The van der Waals surface area contributed by atoms with E-state index in [2.05, 4.69) is 52.5 Å². The first-order valence-corrected chi connectivity index (χ1v) is 10.8. The first kappa shape index (κ1) is 21.1. The second-order valence-electron chi connectivity index (χ2n) is 7.32. The predicted octanol–water partition coefficient (Wildman–Crippen LogP) is 3.81. The molecule has 3 aromatic rings. The number of benzene rings is 1. The highest BCUT2D eigenvalue weighted by atomic mass is 32.2. The topological polar surface area (TPSA) is 84.7 Å². The van der Waals surface area contributed by atoms with Crippen molar-refractivity contribution in [2.75, 3.05) is 17.6 Å². The van der Waals surface area contributed by atoms with Crippen molar-refractivity contribution in [1.82, 2.24) is 25.1 Å². The van der Waals surface area contributed by atoms with Crippen LogP contribution in [-0.2, 0) is 6.54 Å². The molecule has 29 heavy (non-hydrogen) atoms. The molecule has 0 aliphatic carbocycles. The maximum atomic E-state index is 12.5. The number of hydrogen-bond donors (Lipinski definition) is 2. The molecule has 0 radical (unpaired) electrons. The van der Waals surface area contributed by atoms with Crippen molar-refractivity contribution in [2.24, 2.45) is 0 Å². The van der Waals surface area contributed by atoms with Crippen molar-refractivity contribution in [1.29, 1.82) is 0 Å². The number of carbonyl (C=O) groups excluding carboxylic acids is 1. The lowest BCUT2D eigenvalue weighted by molar-refractivity contribution is 0.0952. The predicted molar refractivity (Wildman–Crippen MR) is 119 cm³/mol. The number of aromatic nitrogens is 4. The highest BCUT2D eigenvalue weighted by Crippen LogP contribution is 2.24. The zero-order chi connectivity index (χ0) is 21.0. The molecule has 0 spiro atoms. The third kappa shape index (κ3) is 5.26. The Morgan fingerprint density at radius 1 is 1.17 bits per heavy atom. The van der Waals surface area contributed by atoms with E-state index in [1.54, 1.807) is 18.0 Å². The summed E-state index contributed by atoms with van der Waals surface area (Å²) in [5.41, 5.74) is 3.62. The summed E-state index contributed by atoms with van der Waals surface area (Å²) in [4.78, 5) is 21.8. The van der Waals surface area contributed by atoms with Gasteiger partial charge in [0.2, 0.25) is 0 Å². The molecule has 8 heteroatoms. The third-order valence-corrected chi connectivity index (χ3v) is 5.00. The number of rotatable bonds is 8. The molecule has 0 saturated carbocycles. The maximum Gasteiger partial charge on any atom is 0.251 e. The van der Waals surface area contributed by atoms with Crippen molar-refractivity contribution in [3.63, 3.8) is 0 Å². The molecule has 0 aliphatic heterocycles. The van der Waals surface area contributed by atoms with Gasteiger partial charge >= 0.3 is 0 Å². The monoisotopic (exact) mass is 412 g/mol. The molecular formula is C21H28N6OS. The van der Waals surface area contributed by atoms with E-state index in [1.807, 2.05) is 30.7 Å². The molecule has 0 saturated heterocycles. The fourth-order valence-electron chi connectivity index (χ4n) is 3.16. The summed E-state index contributed by atoms with van der Waals surface area (Å²) in [6, 6.07) is 6.11. The van der Waals surface area contributed by atoms with Gasteiger partial charge in [0.15, 0.2) is 10.8 Å². The van der Waals surface area contributed by atoms with Crippen molar-refractivity contribution in [3.05, 3.63) is 41.1 Å². The normalized spacial score (nSPS) is 11.2. The Kier molecular flexibility index (Phi) is 6.74. The number of anilines is 1. The van der Waals surface area contributed by atoms with Crippen LogP contribution in [0.5, 0.6) is 0 Å². The van der Waals surface area contributed by atoms with Crippen LogP contribution in [0.25, 0.3) is 11.0 Å². The smallest absolute Gasteiger partial charge is 0.251 e. The minimum atomic E-state index is -0.0766. The molecule has 1 amide bonds. The van der Waals surface area contributed by atoms with Gasteiger partial charge in [-0.3, -0.25) is 4.79 Å². The molecule has 0 aliphatic rings. The lowest BCUT2D eigenvalue weighted by Gasteiger charge is -2.12. The van der Waals surface area contributed by atoms with Crippen LogP contribution in [0.4, 0.5) is 5.82 Å². The zero-order valence-corrected chi connectivity index (χ0v) is 18.4. The first-order valence-electron chi connectivity index (χ1n) is 9.86. The molecule has 0 fully saturated rings. The Morgan fingerprint density at radius 3 is 2.55 bits per heavy atom. The van der Waals surface area contributed by atoms with E-state index in [1.165, 1.54) is 0 Å². The van der Waals surface area contributed by atoms with Gasteiger partial charge in [0.1, 0.15) is 5.82 Å². The van der Waals surface area contributed by atoms with Gasteiger partial charge in [0.25, 0.3) is 5.91 Å². The van der Waals surface area contributed by atoms with Gasteiger partial charge in [0, 0.05) is 18.2 Å². The maximum absolute atomic E-state index is 12.5. The van der Waals surface area contributed by atoms with Gasteiger partial charge in [-0.25, -0.2) is 14.6 Å². The number of nitrogens with zero attached hydrogens (tertiary/aromatic N) is 4. The molecule has 1 aromatic carbocycles. The van der Waals surface area contributed by atoms with Crippen molar-refractivity contribution < 1.29 is 4.79 Å². The van der Waals surface area contributed by atoms with Gasteiger partial charge in [-0.15, -0.1) is 0 Å². The van der Waals surface area contributed by atoms with Crippen molar-refractivity contribution in [2.45, 2.75) is 52.4 Å². The molecule has 154 valence electrons. The van der Waals surface area contributed by atoms with E-state index in [0.717, 1.165) is 38.9 Å². The lowest BCUT2D eigenvalue weighted by Crippen LogP contribution is -2.27. The SMILES string of the molecule is CCSc1nc(NC(C)C)c2cnn(CCNC(=O)c3cc(C)cc(C)c3)c2n1. The third-order valence-electron chi connectivity index (χ3n) is 4.27. The zero-order valence-electron chi connectivity index (χ0n) is 17.6. The minimum absolute atomic E-state index is 0.0766. The van der Waals surface area contributed by atoms with Crippen molar-refractivity contribution >= 4 is 34.5 Å². The Morgan fingerprint density at radius 2 is 1.90 bits per heavy atom. The van der Waals surface area contributed by atoms with Crippen LogP contribution in [0.3, 0.4) is 0 Å². The van der Waals surface area contributed by atoms with E-state index in [9.17, 15) is 4.79 Å². The second kappa shape index (κ2) is 9.26. The molecule has 0 unspecified atom stereocenters. The summed E-state index contributed by atoms with van der Waals surface area (Å²) in [6.45, 7) is 11.2. The van der Waals surface area contributed by atoms with E-state index < -0.39 is 0 Å². The number of carbonyl (C=O) groups is 1. The van der Waals surface area contributed by atoms with Gasteiger partial charge in [-0.05, 0) is 45.6 Å². The van der Waals surface area contributed by atoms with Gasteiger partial charge < -0.3 is 10.6 Å². The molecular weight excluding hydrogens is 384 g/mol. The Balaban J connectivity index is 1.76. The average molecular weight is 413 g/mol. The summed E-state index contributed by atoms with van der Waals surface area (Å²) in [7, 11) is 0. The summed E-state index contributed by atoms with van der Waals surface area (Å²) in [5, 5.41) is 12.4. The number of thioether (sulfide) groups is 1. The highest BCUT2D eigenvalue weighted by Gasteiger charge is 2.14. The van der Waals surface area contributed by atoms with Gasteiger partial charge in [-0.1, -0.05) is 35.9 Å². The standard InChI is InChI=1S/C21H28N6OS/c1-6-29-21-25-18(24-13(2)3)17-12-23-27(19(17)26-21)8-7-22-20(28)16-10-14(4)9-15(5)11-16/h9-13H,6-8H2,1-5H3,(H,22,28)(H,24,25,26). The largest absolute Gasteiger partial charge is 0.367 e. The van der Waals surface area contributed by atoms with Crippen LogP contribution < -0.4 is 10.6 Å². The van der Waals surface area contributed by atoms with Crippen LogP contribution in [-0.4, -0.2) is 44.0 Å². The summed E-state index contributed by atoms with van der Waals surface area (Å²) < 4.78 is 1.82. The van der Waals surface area contributed by atoms with E-state index in [4.69, 9.17) is 0 Å². The molecule has 2 aromatic heterocycles. The number of fused-ring (bicyclic) bond motifs is 1. The van der Waals surface area contributed by atoms with Crippen LogP contribution in [0, 0.1) is 13.8 Å². The van der Waals surface area contributed by atoms with Crippen LogP contribution in [0.2, 0.25) is 0 Å². The Bertz CT molecular complexity index is 994. The highest BCUT2D eigenvalue weighted by molar-refractivity contribution is 7.99. The van der Waals surface area contributed by atoms with E-state index in [0.29, 0.717) is 18.7 Å².